The standard InChI is InChI=1S/C28H24N2O6/c1-16-5-9-20(10-6-16)29-17(2)28(18(3)31)22-14-27(36-4)23(13-24(22)29)26(33)15-25(32)19-7-11-21(12-8-19)30(34)35/h5-14H,15H2,1-4H3. The van der Waals surface area contributed by atoms with Crippen LogP contribution in [0.2, 0.25) is 0 Å². The molecule has 182 valence electrons. The van der Waals surface area contributed by atoms with E-state index in [0.29, 0.717) is 16.5 Å². The van der Waals surface area contributed by atoms with E-state index in [1.807, 2.05) is 42.7 Å². The van der Waals surface area contributed by atoms with Gasteiger partial charge in [0, 0.05) is 40.0 Å². The number of nitrogens with zero attached hydrogens (tertiary/aromatic N) is 2. The molecule has 0 amide bonds. The molecule has 0 atom stereocenters. The fourth-order valence-electron chi connectivity index (χ4n) is 4.41. The molecule has 0 bridgehead atoms. The van der Waals surface area contributed by atoms with E-state index < -0.39 is 22.9 Å². The minimum atomic E-state index is -0.556. The maximum atomic E-state index is 13.3. The Morgan fingerprint density at radius 2 is 1.58 bits per heavy atom. The van der Waals surface area contributed by atoms with Gasteiger partial charge in [-0.1, -0.05) is 17.7 Å². The van der Waals surface area contributed by atoms with E-state index in [2.05, 4.69) is 0 Å². The first-order valence-corrected chi connectivity index (χ1v) is 11.2. The van der Waals surface area contributed by atoms with Crippen molar-refractivity contribution in [1.82, 2.24) is 4.57 Å². The lowest BCUT2D eigenvalue weighted by Gasteiger charge is -2.12. The number of hydrogen-bond donors (Lipinski definition) is 0. The summed E-state index contributed by atoms with van der Waals surface area (Å²) >= 11 is 0. The molecule has 4 aromatic rings. The van der Waals surface area contributed by atoms with E-state index in [1.54, 1.807) is 12.1 Å². The van der Waals surface area contributed by atoms with Crippen LogP contribution in [0.4, 0.5) is 5.69 Å². The monoisotopic (exact) mass is 484 g/mol. The summed E-state index contributed by atoms with van der Waals surface area (Å²) in [5, 5.41) is 11.5. The van der Waals surface area contributed by atoms with Crippen LogP contribution in [-0.4, -0.2) is 33.9 Å². The Balaban J connectivity index is 1.80. The van der Waals surface area contributed by atoms with Gasteiger partial charge in [-0.25, -0.2) is 0 Å². The number of hydrogen-bond acceptors (Lipinski definition) is 6. The lowest BCUT2D eigenvalue weighted by molar-refractivity contribution is -0.384. The fraction of sp³-hybridized carbons (Fsp3) is 0.179. The first-order chi connectivity index (χ1) is 17.1. The van der Waals surface area contributed by atoms with Gasteiger partial charge in [0.2, 0.25) is 0 Å². The second kappa shape index (κ2) is 9.58. The molecule has 36 heavy (non-hydrogen) atoms. The molecule has 1 heterocycles. The highest BCUT2D eigenvalue weighted by molar-refractivity contribution is 6.17. The third kappa shape index (κ3) is 4.40. The SMILES string of the molecule is COc1cc2c(C(C)=O)c(C)n(-c3ccc(C)cc3)c2cc1C(=O)CC(=O)c1ccc([N+](=O)[O-])cc1. The van der Waals surface area contributed by atoms with Crippen molar-refractivity contribution in [3.63, 3.8) is 0 Å². The highest BCUT2D eigenvalue weighted by Gasteiger charge is 2.24. The average Bonchev–Trinajstić information content (AvgIpc) is 3.14. The molecular weight excluding hydrogens is 460 g/mol. The molecule has 0 radical (unpaired) electrons. The minimum Gasteiger partial charge on any atom is -0.496 e. The number of benzene rings is 3. The summed E-state index contributed by atoms with van der Waals surface area (Å²) in [5.41, 5.74) is 4.10. The molecule has 0 fully saturated rings. The molecule has 0 N–H and O–H groups in total. The van der Waals surface area contributed by atoms with Crippen LogP contribution in [0.25, 0.3) is 16.6 Å². The number of nitro groups is 1. The Morgan fingerprint density at radius 3 is 2.14 bits per heavy atom. The molecule has 1 aromatic heterocycles. The number of aromatic nitrogens is 1. The molecule has 0 unspecified atom stereocenters. The van der Waals surface area contributed by atoms with Crippen molar-refractivity contribution in [2.75, 3.05) is 7.11 Å². The summed E-state index contributed by atoms with van der Waals surface area (Å²) < 4.78 is 7.40. The number of non-ortho nitro benzene ring substituents is 1. The molecule has 0 saturated heterocycles. The van der Waals surface area contributed by atoms with Gasteiger partial charge in [-0.2, -0.15) is 0 Å². The zero-order valence-electron chi connectivity index (χ0n) is 20.3. The first-order valence-electron chi connectivity index (χ1n) is 11.2. The van der Waals surface area contributed by atoms with Gasteiger partial charge in [0.05, 0.1) is 29.5 Å². The topological polar surface area (TPSA) is 109 Å². The van der Waals surface area contributed by atoms with Crippen molar-refractivity contribution < 1.29 is 24.0 Å². The van der Waals surface area contributed by atoms with E-state index in [0.717, 1.165) is 16.9 Å². The number of ether oxygens (including phenoxy) is 1. The van der Waals surface area contributed by atoms with Gasteiger partial charge in [-0.3, -0.25) is 24.5 Å². The van der Waals surface area contributed by atoms with Crippen LogP contribution in [0.15, 0.2) is 60.7 Å². The van der Waals surface area contributed by atoms with Crippen molar-refractivity contribution in [1.29, 1.82) is 0 Å². The van der Waals surface area contributed by atoms with Crippen molar-refractivity contribution in [3.05, 3.63) is 98.7 Å². The number of nitro benzene ring substituents is 1. The fourth-order valence-corrected chi connectivity index (χ4v) is 4.41. The zero-order valence-corrected chi connectivity index (χ0v) is 20.3. The van der Waals surface area contributed by atoms with E-state index in [4.69, 9.17) is 4.74 Å². The molecule has 0 saturated carbocycles. The van der Waals surface area contributed by atoms with Crippen LogP contribution < -0.4 is 4.74 Å². The van der Waals surface area contributed by atoms with Gasteiger partial charge in [0.1, 0.15) is 5.75 Å². The van der Waals surface area contributed by atoms with Gasteiger partial charge in [0.15, 0.2) is 17.3 Å². The normalized spacial score (nSPS) is 10.9. The second-order valence-electron chi connectivity index (χ2n) is 8.58. The van der Waals surface area contributed by atoms with Gasteiger partial charge in [-0.05, 0) is 57.2 Å². The minimum absolute atomic E-state index is 0.113. The third-order valence-electron chi connectivity index (χ3n) is 6.19. The number of carbonyl (C=O) groups is 3. The van der Waals surface area contributed by atoms with Crippen LogP contribution >= 0.6 is 0 Å². The van der Waals surface area contributed by atoms with E-state index in [1.165, 1.54) is 38.3 Å². The Kier molecular flexibility index (Phi) is 6.53. The Morgan fingerprint density at radius 1 is 0.944 bits per heavy atom. The van der Waals surface area contributed by atoms with Crippen molar-refractivity contribution in [3.8, 4) is 11.4 Å². The molecule has 0 aliphatic heterocycles. The maximum absolute atomic E-state index is 13.3. The lowest BCUT2D eigenvalue weighted by Crippen LogP contribution is -2.10. The quantitative estimate of drug-likeness (QED) is 0.135. The summed E-state index contributed by atoms with van der Waals surface area (Å²) in [6.45, 7) is 5.33. The smallest absolute Gasteiger partial charge is 0.269 e. The highest BCUT2D eigenvalue weighted by atomic mass is 16.6. The van der Waals surface area contributed by atoms with Crippen LogP contribution in [0.5, 0.6) is 5.75 Å². The van der Waals surface area contributed by atoms with Gasteiger partial charge < -0.3 is 9.30 Å². The molecule has 8 heteroatoms. The van der Waals surface area contributed by atoms with Crippen LogP contribution in [0.3, 0.4) is 0 Å². The zero-order chi connectivity index (χ0) is 26.1. The van der Waals surface area contributed by atoms with E-state index >= 15 is 0 Å². The number of carbonyl (C=O) groups excluding carboxylic acids is 3. The Hall–Kier alpha value is -4.59. The molecule has 0 aliphatic carbocycles. The number of fused-ring (bicyclic) bond motifs is 1. The van der Waals surface area contributed by atoms with Gasteiger partial charge >= 0.3 is 0 Å². The average molecular weight is 485 g/mol. The predicted octanol–water partition coefficient (Wildman–Crippen LogP) is 5.82. The number of methoxy groups -OCH3 is 1. The largest absolute Gasteiger partial charge is 0.496 e. The van der Waals surface area contributed by atoms with Crippen LogP contribution in [0.1, 0.15) is 55.7 Å². The molecule has 0 aliphatic rings. The van der Waals surface area contributed by atoms with E-state index in [-0.39, 0.29) is 28.3 Å². The summed E-state index contributed by atoms with van der Waals surface area (Å²) in [7, 11) is 1.42. The summed E-state index contributed by atoms with van der Waals surface area (Å²) in [6, 6.07) is 16.2. The van der Waals surface area contributed by atoms with Crippen LogP contribution in [0, 0.1) is 24.0 Å². The molecule has 4 rings (SSSR count). The van der Waals surface area contributed by atoms with Gasteiger partial charge in [0.25, 0.3) is 5.69 Å². The third-order valence-corrected chi connectivity index (χ3v) is 6.19. The number of rotatable bonds is 8. The summed E-state index contributed by atoms with van der Waals surface area (Å²) in [5.74, 6) is -0.784. The van der Waals surface area contributed by atoms with Crippen molar-refractivity contribution in [2.24, 2.45) is 0 Å². The van der Waals surface area contributed by atoms with Crippen molar-refractivity contribution in [2.45, 2.75) is 27.2 Å². The second-order valence-corrected chi connectivity index (χ2v) is 8.58. The molecule has 8 nitrogen and oxygen atoms in total. The molecule has 0 spiro atoms. The number of aryl methyl sites for hydroxylation is 1. The van der Waals surface area contributed by atoms with Gasteiger partial charge in [-0.15, -0.1) is 0 Å². The predicted molar refractivity (Wildman–Crippen MR) is 136 cm³/mol. The number of ketones is 3. The summed E-state index contributed by atoms with van der Waals surface area (Å²) in [6.07, 6.45) is -0.441. The Labute approximate surface area is 207 Å². The van der Waals surface area contributed by atoms with Crippen LogP contribution in [-0.2, 0) is 0 Å². The number of Topliss-reactive ketones (excluding diaryl/α,β-unsaturated/α-hetero) is 3. The van der Waals surface area contributed by atoms with Crippen molar-refractivity contribution >= 4 is 33.9 Å². The maximum Gasteiger partial charge on any atom is 0.269 e. The molecular formula is C28H24N2O6. The Bertz CT molecular complexity index is 1530. The highest BCUT2D eigenvalue weighted by Crippen LogP contribution is 2.35. The molecule has 3 aromatic carbocycles. The van der Waals surface area contributed by atoms with E-state index in [9.17, 15) is 24.5 Å². The first kappa shape index (κ1) is 24.5. The lowest BCUT2D eigenvalue weighted by atomic mass is 9.98. The summed E-state index contributed by atoms with van der Waals surface area (Å²) in [4.78, 5) is 48.9.